The highest BCUT2D eigenvalue weighted by atomic mass is 16.6. The Kier molecular flexibility index (Phi) is 9.79. The lowest BCUT2D eigenvalue weighted by Crippen LogP contribution is -2.33. The molecule has 11 nitrogen and oxygen atoms in total. The molecule has 218 valence electrons. The van der Waals surface area contributed by atoms with Gasteiger partial charge in [0.15, 0.2) is 23.2 Å². The van der Waals surface area contributed by atoms with E-state index in [4.69, 9.17) is 4.74 Å². The van der Waals surface area contributed by atoms with Crippen molar-refractivity contribution in [2.45, 2.75) is 88.7 Å². The number of hydrogen-bond donors (Lipinski definition) is 5. The summed E-state index contributed by atoms with van der Waals surface area (Å²) >= 11 is 0. The van der Waals surface area contributed by atoms with E-state index in [0.29, 0.717) is 28.8 Å². The van der Waals surface area contributed by atoms with E-state index in [2.05, 4.69) is 43.8 Å². The molecule has 6 unspecified atom stereocenters. The van der Waals surface area contributed by atoms with E-state index >= 15 is 0 Å². The molecule has 6 rings (SSSR count). The number of hydrogen-bond acceptors (Lipinski definition) is 9. The molecular formula is C29H42N6O5. The lowest BCUT2D eigenvalue weighted by atomic mass is 9.76. The van der Waals surface area contributed by atoms with Gasteiger partial charge in [-0.1, -0.05) is 56.8 Å². The van der Waals surface area contributed by atoms with Crippen LogP contribution in [0.1, 0.15) is 70.4 Å². The number of allylic oxidation sites excluding steroid dienone is 3. The monoisotopic (exact) mass is 554 g/mol. The van der Waals surface area contributed by atoms with E-state index in [1.54, 1.807) is 4.57 Å². The summed E-state index contributed by atoms with van der Waals surface area (Å²) < 4.78 is 7.18. The van der Waals surface area contributed by atoms with Gasteiger partial charge in [0.05, 0.1) is 12.9 Å². The number of rotatable bonds is 15. The van der Waals surface area contributed by atoms with Crippen LogP contribution in [0.15, 0.2) is 36.5 Å². The Morgan fingerprint density at radius 1 is 0.950 bits per heavy atom. The largest absolute Gasteiger partial charge is 0.394 e. The Labute approximate surface area is 234 Å². The van der Waals surface area contributed by atoms with Crippen molar-refractivity contribution in [1.29, 1.82) is 0 Å². The Morgan fingerprint density at radius 3 is 2.35 bits per heavy atom. The molecule has 6 atom stereocenters. The van der Waals surface area contributed by atoms with Gasteiger partial charge >= 0.3 is 0 Å². The molecule has 11 heteroatoms. The number of aromatic nitrogens is 4. The smallest absolute Gasteiger partial charge is 0.247 e. The Bertz CT molecular complexity index is 1200. The van der Waals surface area contributed by atoms with Gasteiger partial charge in [0.1, 0.15) is 24.6 Å². The quantitative estimate of drug-likeness (QED) is 0.165. The third kappa shape index (κ3) is 6.54. The van der Waals surface area contributed by atoms with Crippen molar-refractivity contribution >= 4 is 22.9 Å². The summed E-state index contributed by atoms with van der Waals surface area (Å²) in [5.74, 6) is 1.53. The van der Waals surface area contributed by atoms with Gasteiger partial charge in [-0.25, -0.2) is 15.0 Å². The number of unbranched alkanes of at least 4 members (excludes halogenated alkanes) is 7. The molecule has 1 fully saturated rings. The molecule has 2 aromatic rings. The summed E-state index contributed by atoms with van der Waals surface area (Å²) in [5.41, 5.74) is 2.03. The first-order valence-corrected chi connectivity index (χ1v) is 14.8. The van der Waals surface area contributed by atoms with Gasteiger partial charge in [-0.2, -0.15) is 0 Å². The molecule has 2 aromatic heterocycles. The van der Waals surface area contributed by atoms with E-state index in [0.717, 1.165) is 50.8 Å². The Hall–Kier alpha value is -2.86. The number of imidazole rings is 1. The topological polar surface area (TPSA) is 155 Å². The molecule has 3 heterocycles. The molecule has 2 bridgehead atoms. The standard InChI is InChI=1S/C29H42N6O5/c36-16-22-24(37)25(38)29(40-22)35-18-34-23-26(32-17-33-27(23)35)30-13-7-5-3-1-2-4-6-8-14-31-28(39)21-15-19-9-11-20(21)12-10-19/h9,11,15,17-20,22,24-25,29,36-38H,1-8,10,12-14,16H2,(H,31,39)(H,30,32,33). The molecule has 40 heavy (non-hydrogen) atoms. The van der Waals surface area contributed by atoms with E-state index in [1.807, 2.05) is 0 Å². The number of nitrogens with zero attached hydrogens (tertiary/aromatic N) is 4. The predicted molar refractivity (Wildman–Crippen MR) is 150 cm³/mol. The number of ether oxygens (including phenoxy) is 1. The molecule has 1 saturated heterocycles. The zero-order valence-corrected chi connectivity index (χ0v) is 23.0. The maximum Gasteiger partial charge on any atom is 0.247 e. The van der Waals surface area contributed by atoms with Crippen LogP contribution in [0.3, 0.4) is 0 Å². The molecule has 1 aliphatic heterocycles. The van der Waals surface area contributed by atoms with Crippen molar-refractivity contribution < 1.29 is 24.9 Å². The predicted octanol–water partition coefficient (Wildman–Crippen LogP) is 2.61. The fourth-order valence-corrected chi connectivity index (χ4v) is 5.94. The van der Waals surface area contributed by atoms with Crippen molar-refractivity contribution in [3.63, 3.8) is 0 Å². The van der Waals surface area contributed by atoms with Gasteiger partial charge in [-0.15, -0.1) is 0 Å². The maximum absolute atomic E-state index is 12.4. The second kappa shape index (κ2) is 13.7. The number of anilines is 1. The average Bonchev–Trinajstić information content (AvgIpc) is 3.54. The van der Waals surface area contributed by atoms with Crippen molar-refractivity contribution in [3.8, 4) is 0 Å². The van der Waals surface area contributed by atoms with E-state index in [-0.39, 0.29) is 12.5 Å². The first-order valence-electron chi connectivity index (χ1n) is 14.8. The molecule has 4 aliphatic rings. The number of aliphatic hydroxyl groups is 3. The van der Waals surface area contributed by atoms with Gasteiger partial charge in [0, 0.05) is 24.6 Å². The van der Waals surface area contributed by atoms with Crippen molar-refractivity contribution in [2.24, 2.45) is 11.8 Å². The van der Waals surface area contributed by atoms with Gasteiger partial charge in [-0.05, 0) is 31.6 Å². The number of carbonyl (C=O) groups is 1. The fourth-order valence-electron chi connectivity index (χ4n) is 5.94. The lowest BCUT2D eigenvalue weighted by Gasteiger charge is -2.29. The number of nitrogens with one attached hydrogen (secondary N) is 2. The maximum atomic E-state index is 12.4. The van der Waals surface area contributed by atoms with Gasteiger partial charge < -0.3 is 30.7 Å². The van der Waals surface area contributed by atoms with Crippen LogP contribution in [0.4, 0.5) is 5.82 Å². The van der Waals surface area contributed by atoms with Crippen LogP contribution in [0.2, 0.25) is 0 Å². The molecular weight excluding hydrogens is 512 g/mol. The molecule has 3 aliphatic carbocycles. The van der Waals surface area contributed by atoms with E-state index in [9.17, 15) is 20.1 Å². The van der Waals surface area contributed by atoms with Crippen LogP contribution in [0, 0.1) is 11.8 Å². The molecule has 1 amide bonds. The lowest BCUT2D eigenvalue weighted by molar-refractivity contribution is -0.118. The molecule has 0 saturated carbocycles. The number of carbonyl (C=O) groups excluding carboxylic acids is 1. The highest BCUT2D eigenvalue weighted by molar-refractivity contribution is 5.94. The zero-order chi connectivity index (χ0) is 27.9. The first kappa shape index (κ1) is 28.7. The SMILES string of the molecule is O=C(NCCCCCCCCCCNc1ncnc2c1ncn2C1OC(CO)C(O)C1O)C1=CC2C=CC1CC2. The Morgan fingerprint density at radius 2 is 1.70 bits per heavy atom. The minimum atomic E-state index is -1.20. The van der Waals surface area contributed by atoms with Crippen LogP contribution in [-0.4, -0.2) is 78.8 Å². The van der Waals surface area contributed by atoms with Gasteiger partial charge in [0.25, 0.3) is 0 Å². The second-order valence-corrected chi connectivity index (χ2v) is 11.1. The number of aliphatic hydroxyl groups excluding tert-OH is 3. The minimum Gasteiger partial charge on any atom is -0.394 e. The highest BCUT2D eigenvalue weighted by Gasteiger charge is 2.44. The van der Waals surface area contributed by atoms with E-state index < -0.39 is 24.5 Å². The third-order valence-electron chi connectivity index (χ3n) is 8.29. The zero-order valence-electron chi connectivity index (χ0n) is 23.0. The van der Waals surface area contributed by atoms with Crippen LogP contribution in [0.25, 0.3) is 11.2 Å². The Balaban J connectivity index is 0.927. The van der Waals surface area contributed by atoms with E-state index in [1.165, 1.54) is 44.8 Å². The summed E-state index contributed by atoms with van der Waals surface area (Å²) in [5, 5.41) is 36.2. The summed E-state index contributed by atoms with van der Waals surface area (Å²) in [6, 6.07) is 0. The highest BCUT2D eigenvalue weighted by Crippen LogP contribution is 2.35. The van der Waals surface area contributed by atoms with Crippen molar-refractivity contribution in [3.05, 3.63) is 36.5 Å². The van der Waals surface area contributed by atoms with Crippen LogP contribution < -0.4 is 10.6 Å². The molecule has 5 N–H and O–H groups in total. The molecule has 0 aromatic carbocycles. The number of amides is 1. The first-order chi connectivity index (χ1) is 19.6. The molecule has 0 spiro atoms. The van der Waals surface area contributed by atoms with Crippen LogP contribution in [-0.2, 0) is 9.53 Å². The van der Waals surface area contributed by atoms with Gasteiger partial charge in [0.2, 0.25) is 5.91 Å². The fraction of sp³-hybridized carbons (Fsp3) is 0.655. The summed E-state index contributed by atoms with van der Waals surface area (Å²) in [4.78, 5) is 25.4. The van der Waals surface area contributed by atoms with Crippen LogP contribution >= 0.6 is 0 Å². The second-order valence-electron chi connectivity index (χ2n) is 11.1. The van der Waals surface area contributed by atoms with Gasteiger partial charge in [-0.3, -0.25) is 9.36 Å². The van der Waals surface area contributed by atoms with Crippen LogP contribution in [0.5, 0.6) is 0 Å². The van der Waals surface area contributed by atoms with Crippen molar-refractivity contribution in [1.82, 2.24) is 24.8 Å². The average molecular weight is 555 g/mol. The summed E-state index contributed by atoms with van der Waals surface area (Å²) in [6.45, 7) is 1.14. The summed E-state index contributed by atoms with van der Waals surface area (Å²) in [6.07, 6.45) is 16.8. The number of fused-ring (bicyclic) bond motifs is 2. The molecule has 0 radical (unpaired) electrons. The normalized spacial score (nSPS) is 27.3. The third-order valence-corrected chi connectivity index (χ3v) is 8.29. The minimum absolute atomic E-state index is 0.126. The summed E-state index contributed by atoms with van der Waals surface area (Å²) in [7, 11) is 0. The van der Waals surface area contributed by atoms with Crippen molar-refractivity contribution in [2.75, 3.05) is 25.0 Å².